The van der Waals surface area contributed by atoms with E-state index in [-0.39, 0.29) is 0 Å². The number of halogens is 1. The molecule has 108 valence electrons. The second kappa shape index (κ2) is 6.22. The maximum Gasteiger partial charge on any atom is 0.150 e. The lowest BCUT2D eigenvalue weighted by Gasteiger charge is -2.04. The van der Waals surface area contributed by atoms with Gasteiger partial charge in [0.05, 0.1) is 11.7 Å². The van der Waals surface area contributed by atoms with Crippen LogP contribution in [0.15, 0.2) is 36.7 Å². The molecule has 21 heavy (non-hydrogen) atoms. The molecule has 4 nitrogen and oxygen atoms in total. The summed E-state index contributed by atoms with van der Waals surface area (Å²) >= 11 is 6.00. The van der Waals surface area contributed by atoms with Crippen molar-refractivity contribution >= 4 is 17.1 Å². The molecule has 0 N–H and O–H groups in total. The zero-order chi connectivity index (χ0) is 14.7. The van der Waals surface area contributed by atoms with Crippen molar-refractivity contribution in [2.75, 3.05) is 0 Å². The first-order valence-corrected chi connectivity index (χ1v) is 7.57. The van der Waals surface area contributed by atoms with Crippen LogP contribution in [0.1, 0.15) is 30.2 Å². The van der Waals surface area contributed by atoms with Gasteiger partial charge in [0.25, 0.3) is 0 Å². The van der Waals surface area contributed by atoms with Gasteiger partial charge in [0.2, 0.25) is 0 Å². The van der Waals surface area contributed by atoms with Gasteiger partial charge in [-0.15, -0.1) is 0 Å². The minimum Gasteiger partial charge on any atom is -0.236 e. The topological polar surface area (TPSA) is 43.1 Å². The Labute approximate surface area is 128 Å². The van der Waals surface area contributed by atoms with Crippen molar-refractivity contribution in [3.05, 3.63) is 58.6 Å². The van der Waals surface area contributed by atoms with Gasteiger partial charge in [0.15, 0.2) is 0 Å². The first kappa shape index (κ1) is 14.0. The molecule has 0 saturated heterocycles. The second-order valence-corrected chi connectivity index (χ2v) is 5.45. The van der Waals surface area contributed by atoms with Crippen LogP contribution in [-0.4, -0.2) is 19.8 Å². The number of nitrogens with zero attached hydrogens (tertiary/aromatic N) is 4. The average Bonchev–Trinajstić information content (AvgIpc) is 2.85. The van der Waals surface area contributed by atoms with Gasteiger partial charge in [-0.1, -0.05) is 18.5 Å². The molecule has 0 unspecified atom stereocenters. The van der Waals surface area contributed by atoms with E-state index >= 15 is 0 Å². The number of aryl methyl sites for hydroxylation is 3. The summed E-state index contributed by atoms with van der Waals surface area (Å²) in [5, 5.41) is 12.6. The molecule has 0 saturated carbocycles. The number of hydrogen-bond acceptors (Lipinski definition) is 3. The Kier molecular flexibility index (Phi) is 4.15. The van der Waals surface area contributed by atoms with Crippen LogP contribution in [-0.2, 0) is 19.3 Å². The van der Waals surface area contributed by atoms with Gasteiger partial charge < -0.3 is 0 Å². The third-order valence-corrected chi connectivity index (χ3v) is 3.87. The van der Waals surface area contributed by atoms with Crippen molar-refractivity contribution in [3.8, 4) is 0 Å². The fourth-order valence-electron chi connectivity index (χ4n) is 2.68. The lowest BCUT2D eigenvalue weighted by Crippen LogP contribution is -1.99. The fraction of sp³-hybridized carbons (Fsp3) is 0.312. The van der Waals surface area contributed by atoms with Gasteiger partial charge in [0, 0.05) is 11.9 Å². The van der Waals surface area contributed by atoms with Crippen LogP contribution < -0.4 is 0 Å². The second-order valence-electron chi connectivity index (χ2n) is 5.07. The van der Waals surface area contributed by atoms with E-state index in [2.05, 4.69) is 28.3 Å². The molecular formula is C16H17ClN4. The Hall–Kier alpha value is -1.94. The summed E-state index contributed by atoms with van der Waals surface area (Å²) in [6.07, 6.45) is 7.66. The smallest absolute Gasteiger partial charge is 0.150 e. The summed E-state index contributed by atoms with van der Waals surface area (Å²) in [6, 6.07) is 8.09. The minimum absolute atomic E-state index is 0.530. The van der Waals surface area contributed by atoms with Crippen LogP contribution in [0.4, 0.5) is 0 Å². The van der Waals surface area contributed by atoms with E-state index in [0.29, 0.717) is 5.15 Å². The van der Waals surface area contributed by atoms with Gasteiger partial charge >= 0.3 is 0 Å². The lowest BCUT2D eigenvalue weighted by atomic mass is 10.0. The fourth-order valence-corrected chi connectivity index (χ4v) is 2.82. The zero-order valence-corrected chi connectivity index (χ0v) is 12.7. The first-order valence-electron chi connectivity index (χ1n) is 7.19. The monoisotopic (exact) mass is 300 g/mol. The number of hydrogen-bond donors (Lipinski definition) is 0. The molecular weight excluding hydrogens is 284 g/mol. The van der Waals surface area contributed by atoms with Crippen molar-refractivity contribution in [2.24, 2.45) is 0 Å². The van der Waals surface area contributed by atoms with Crippen LogP contribution >= 0.6 is 11.6 Å². The summed E-state index contributed by atoms with van der Waals surface area (Å²) < 4.78 is 1.96. The van der Waals surface area contributed by atoms with E-state index in [4.69, 9.17) is 11.6 Å². The summed E-state index contributed by atoms with van der Waals surface area (Å²) in [7, 11) is 0. The third-order valence-electron chi connectivity index (χ3n) is 3.67. The van der Waals surface area contributed by atoms with Gasteiger partial charge in [-0.25, -0.2) is 4.52 Å². The van der Waals surface area contributed by atoms with Crippen molar-refractivity contribution in [3.63, 3.8) is 0 Å². The third kappa shape index (κ3) is 3.05. The Morgan fingerprint density at radius 2 is 2.05 bits per heavy atom. The minimum atomic E-state index is 0.530. The summed E-state index contributed by atoms with van der Waals surface area (Å²) in [5.41, 5.74) is 4.94. The summed E-state index contributed by atoms with van der Waals surface area (Å²) in [6.45, 7) is 2.15. The Bertz CT molecular complexity index is 737. The Morgan fingerprint density at radius 1 is 1.14 bits per heavy atom. The maximum atomic E-state index is 6.00. The van der Waals surface area contributed by atoms with E-state index in [1.807, 2.05) is 28.9 Å². The molecule has 3 heterocycles. The van der Waals surface area contributed by atoms with E-state index in [9.17, 15) is 0 Å². The summed E-state index contributed by atoms with van der Waals surface area (Å²) in [5.74, 6) is 0. The van der Waals surface area contributed by atoms with Crippen LogP contribution in [0.25, 0.3) is 5.52 Å². The zero-order valence-electron chi connectivity index (χ0n) is 12.0. The maximum absolute atomic E-state index is 6.00. The van der Waals surface area contributed by atoms with Crippen molar-refractivity contribution in [2.45, 2.75) is 32.6 Å². The van der Waals surface area contributed by atoms with Gasteiger partial charge in [0.1, 0.15) is 5.15 Å². The van der Waals surface area contributed by atoms with Crippen molar-refractivity contribution < 1.29 is 0 Å². The SMILES string of the molecule is CCc1c(CCCc2ccnnc2)cc2ccc(Cl)nn12. The van der Waals surface area contributed by atoms with E-state index < -0.39 is 0 Å². The quantitative estimate of drug-likeness (QED) is 0.724. The van der Waals surface area contributed by atoms with E-state index in [1.54, 1.807) is 6.20 Å². The van der Waals surface area contributed by atoms with Gasteiger partial charge in [-0.05, 0) is 61.1 Å². The predicted molar refractivity (Wildman–Crippen MR) is 83.6 cm³/mol. The highest BCUT2D eigenvalue weighted by molar-refractivity contribution is 6.29. The molecule has 3 rings (SSSR count). The number of rotatable bonds is 5. The Morgan fingerprint density at radius 3 is 2.81 bits per heavy atom. The van der Waals surface area contributed by atoms with Gasteiger partial charge in [-0.3, -0.25) is 0 Å². The number of fused-ring (bicyclic) bond motifs is 1. The van der Waals surface area contributed by atoms with Crippen LogP contribution in [0.2, 0.25) is 5.15 Å². The van der Waals surface area contributed by atoms with Crippen LogP contribution in [0, 0.1) is 0 Å². The standard InChI is InChI=1S/C16H17ClN4/c1-2-15-13(5-3-4-12-8-9-18-19-11-12)10-14-6-7-16(17)20-21(14)15/h6-11H,2-5H2,1H3. The van der Waals surface area contributed by atoms with Crippen LogP contribution in [0.3, 0.4) is 0 Å². The predicted octanol–water partition coefficient (Wildman–Crippen LogP) is 3.52. The molecule has 0 aliphatic rings. The normalized spacial score (nSPS) is 11.1. The lowest BCUT2D eigenvalue weighted by molar-refractivity contribution is 0.783. The molecule has 5 heteroatoms. The summed E-state index contributed by atoms with van der Waals surface area (Å²) in [4.78, 5) is 0. The molecule has 0 aromatic carbocycles. The molecule has 0 atom stereocenters. The molecule has 0 aliphatic carbocycles. The van der Waals surface area contributed by atoms with Crippen molar-refractivity contribution in [1.82, 2.24) is 19.8 Å². The highest BCUT2D eigenvalue weighted by atomic mass is 35.5. The molecule has 0 spiro atoms. The molecule has 0 amide bonds. The van der Waals surface area contributed by atoms with E-state index in [1.165, 1.54) is 16.8 Å². The highest BCUT2D eigenvalue weighted by Gasteiger charge is 2.10. The average molecular weight is 301 g/mol. The van der Waals surface area contributed by atoms with E-state index in [0.717, 1.165) is 31.2 Å². The first-order chi connectivity index (χ1) is 10.3. The highest BCUT2D eigenvalue weighted by Crippen LogP contribution is 2.20. The molecule has 3 aromatic rings. The molecule has 0 fully saturated rings. The van der Waals surface area contributed by atoms with Gasteiger partial charge in [-0.2, -0.15) is 15.3 Å². The molecule has 0 bridgehead atoms. The molecule has 0 radical (unpaired) electrons. The van der Waals surface area contributed by atoms with Crippen molar-refractivity contribution in [1.29, 1.82) is 0 Å². The Balaban J connectivity index is 1.77. The molecule has 3 aromatic heterocycles. The number of aromatic nitrogens is 4. The molecule has 0 aliphatic heterocycles. The van der Waals surface area contributed by atoms with Crippen LogP contribution in [0.5, 0.6) is 0 Å². The largest absolute Gasteiger partial charge is 0.236 e.